The minimum absolute atomic E-state index is 0.0431. The van der Waals surface area contributed by atoms with Crippen LogP contribution in [0.25, 0.3) is 16.9 Å². The smallest absolute Gasteiger partial charge is 0.243 e. The average Bonchev–Trinajstić information content (AvgIpc) is 3.46. The van der Waals surface area contributed by atoms with Crippen molar-refractivity contribution in [3.63, 3.8) is 0 Å². The van der Waals surface area contributed by atoms with Gasteiger partial charge in [-0.05, 0) is 49.7 Å². The second kappa shape index (κ2) is 8.09. The molecule has 8 heteroatoms. The fraction of sp³-hybridized carbons (Fsp3) is 0.292. The van der Waals surface area contributed by atoms with Gasteiger partial charge in [0.25, 0.3) is 0 Å². The van der Waals surface area contributed by atoms with Gasteiger partial charge in [-0.1, -0.05) is 18.2 Å². The Kier molecular flexibility index (Phi) is 5.25. The summed E-state index contributed by atoms with van der Waals surface area (Å²) in [6.07, 6.45) is 3.15. The zero-order valence-electron chi connectivity index (χ0n) is 17.6. The summed E-state index contributed by atoms with van der Waals surface area (Å²) in [6, 6.07) is 15.4. The van der Waals surface area contributed by atoms with Gasteiger partial charge in [0.2, 0.25) is 11.8 Å². The van der Waals surface area contributed by atoms with Gasteiger partial charge in [0.15, 0.2) is 0 Å². The number of hydrogen-bond donors (Lipinski definition) is 1. The number of nitrogens with zero attached hydrogens (tertiary/aromatic N) is 3. The third-order valence-electron chi connectivity index (χ3n) is 6.13. The van der Waals surface area contributed by atoms with Crippen LogP contribution in [0.3, 0.4) is 0 Å². The minimum atomic E-state index is -0.460. The van der Waals surface area contributed by atoms with E-state index < -0.39 is 6.04 Å². The summed E-state index contributed by atoms with van der Waals surface area (Å²) < 4.78 is 15.2. The predicted molar refractivity (Wildman–Crippen MR) is 122 cm³/mol. The fourth-order valence-electron chi connectivity index (χ4n) is 4.42. The number of amides is 2. The van der Waals surface area contributed by atoms with Crippen molar-refractivity contribution < 1.29 is 14.0 Å². The summed E-state index contributed by atoms with van der Waals surface area (Å²) in [5, 5.41) is 7.71. The van der Waals surface area contributed by atoms with E-state index >= 15 is 0 Å². The first-order chi connectivity index (χ1) is 15.4. The van der Waals surface area contributed by atoms with Crippen molar-refractivity contribution in [2.45, 2.75) is 37.2 Å². The van der Waals surface area contributed by atoms with E-state index in [9.17, 15) is 14.0 Å². The van der Waals surface area contributed by atoms with E-state index in [0.29, 0.717) is 17.9 Å². The number of carbonyl (C=O) groups excluding carboxylic acids is 2. The van der Waals surface area contributed by atoms with Gasteiger partial charge in [-0.3, -0.25) is 9.59 Å². The number of fused-ring (bicyclic) bond motifs is 1. The molecule has 2 aliphatic rings. The number of carbonyl (C=O) groups is 2. The second-order valence-electron chi connectivity index (χ2n) is 8.27. The van der Waals surface area contributed by atoms with Crippen molar-refractivity contribution >= 4 is 23.6 Å². The van der Waals surface area contributed by atoms with Crippen molar-refractivity contribution in [1.82, 2.24) is 20.0 Å². The molecule has 0 spiro atoms. The number of benzene rings is 2. The summed E-state index contributed by atoms with van der Waals surface area (Å²) in [7, 11) is 0. The number of aromatic nitrogens is 2. The Morgan fingerprint density at radius 2 is 1.97 bits per heavy atom. The lowest BCUT2D eigenvalue weighted by molar-refractivity contribution is -0.138. The first kappa shape index (κ1) is 20.8. The van der Waals surface area contributed by atoms with E-state index in [0.717, 1.165) is 23.2 Å². The quantitative estimate of drug-likeness (QED) is 0.643. The van der Waals surface area contributed by atoms with Gasteiger partial charge in [0.1, 0.15) is 11.9 Å². The standard InChI is InChI=1S/C24H23FN4O2S/c1-24-12-11-21(30)29(24)20(15-32-24)23(31)26-13-17-14-28(19-5-3-2-4-6-19)27-22(17)16-7-9-18(25)10-8-16/h2-10,14,20H,11-13,15H2,1H3,(H,26,31)/t20-,24+/m1/s1. The van der Waals surface area contributed by atoms with Gasteiger partial charge in [0, 0.05) is 36.0 Å². The molecule has 3 heterocycles. The highest BCUT2D eigenvalue weighted by molar-refractivity contribution is 8.01. The summed E-state index contributed by atoms with van der Waals surface area (Å²) in [5.41, 5.74) is 3.15. The predicted octanol–water partition coefficient (Wildman–Crippen LogP) is 3.75. The van der Waals surface area contributed by atoms with Crippen LogP contribution in [0.15, 0.2) is 60.8 Å². The molecule has 2 saturated heterocycles. The van der Waals surface area contributed by atoms with Gasteiger partial charge < -0.3 is 10.2 Å². The molecule has 164 valence electrons. The van der Waals surface area contributed by atoms with Crippen molar-refractivity contribution in [3.05, 3.63) is 72.2 Å². The molecular weight excluding hydrogens is 427 g/mol. The third-order valence-corrected chi connectivity index (χ3v) is 7.63. The zero-order chi connectivity index (χ0) is 22.3. The van der Waals surface area contributed by atoms with Crippen LogP contribution in [0.1, 0.15) is 25.3 Å². The highest BCUT2D eigenvalue weighted by Gasteiger charge is 2.52. The SMILES string of the molecule is C[C@]12CCC(=O)N1[C@@H](C(=O)NCc1cn(-c3ccccc3)nc1-c1ccc(F)cc1)CS2. The number of para-hydroxylation sites is 1. The Labute approximate surface area is 189 Å². The second-order valence-corrected chi connectivity index (χ2v) is 9.77. The highest BCUT2D eigenvalue weighted by Crippen LogP contribution is 2.47. The lowest BCUT2D eigenvalue weighted by atomic mass is 10.1. The zero-order valence-corrected chi connectivity index (χ0v) is 18.4. The van der Waals surface area contributed by atoms with Crippen LogP contribution in [0.5, 0.6) is 0 Å². The first-order valence-corrected chi connectivity index (χ1v) is 11.6. The van der Waals surface area contributed by atoms with E-state index in [2.05, 4.69) is 5.32 Å². The van der Waals surface area contributed by atoms with E-state index in [1.807, 2.05) is 43.5 Å². The molecule has 0 unspecified atom stereocenters. The first-order valence-electron chi connectivity index (χ1n) is 10.6. The molecule has 0 saturated carbocycles. The molecule has 6 nitrogen and oxygen atoms in total. The Hall–Kier alpha value is -3.13. The van der Waals surface area contributed by atoms with Crippen molar-refractivity contribution in [2.24, 2.45) is 0 Å². The van der Waals surface area contributed by atoms with Gasteiger partial charge >= 0.3 is 0 Å². The number of halogens is 1. The van der Waals surface area contributed by atoms with Gasteiger partial charge in [-0.15, -0.1) is 11.8 Å². The molecule has 3 aromatic rings. The molecule has 5 rings (SSSR count). The number of nitrogens with one attached hydrogen (secondary N) is 1. The van der Waals surface area contributed by atoms with Crippen molar-refractivity contribution in [2.75, 3.05) is 5.75 Å². The summed E-state index contributed by atoms with van der Waals surface area (Å²) in [5.74, 6) is 0.168. The topological polar surface area (TPSA) is 67.2 Å². The molecule has 2 aromatic carbocycles. The summed E-state index contributed by atoms with van der Waals surface area (Å²) >= 11 is 1.67. The van der Waals surface area contributed by atoms with Crippen LogP contribution >= 0.6 is 11.8 Å². The fourth-order valence-corrected chi connectivity index (χ4v) is 5.85. The molecule has 0 bridgehead atoms. The summed E-state index contributed by atoms with van der Waals surface area (Å²) in [6.45, 7) is 2.30. The Morgan fingerprint density at radius 1 is 1.22 bits per heavy atom. The monoisotopic (exact) mass is 450 g/mol. The van der Waals surface area contributed by atoms with E-state index in [-0.39, 0.29) is 29.0 Å². The summed E-state index contributed by atoms with van der Waals surface area (Å²) in [4.78, 5) is 26.9. The van der Waals surface area contributed by atoms with Crippen LogP contribution in [0.2, 0.25) is 0 Å². The van der Waals surface area contributed by atoms with Gasteiger partial charge in [-0.2, -0.15) is 5.10 Å². The largest absolute Gasteiger partial charge is 0.350 e. The maximum Gasteiger partial charge on any atom is 0.243 e. The average molecular weight is 451 g/mol. The molecule has 32 heavy (non-hydrogen) atoms. The maximum absolute atomic E-state index is 13.5. The molecular formula is C24H23FN4O2S. The van der Waals surface area contributed by atoms with Crippen LogP contribution < -0.4 is 5.32 Å². The lowest BCUT2D eigenvalue weighted by Crippen LogP contribution is -2.49. The minimum Gasteiger partial charge on any atom is -0.350 e. The molecule has 1 N–H and O–H groups in total. The van der Waals surface area contributed by atoms with E-state index in [1.54, 1.807) is 33.5 Å². The maximum atomic E-state index is 13.5. The lowest BCUT2D eigenvalue weighted by Gasteiger charge is -2.29. The Balaban J connectivity index is 1.40. The van der Waals surface area contributed by atoms with E-state index in [1.165, 1.54) is 12.1 Å². The number of rotatable bonds is 5. The van der Waals surface area contributed by atoms with Crippen LogP contribution in [-0.2, 0) is 16.1 Å². The Bertz CT molecular complexity index is 1160. The molecule has 2 amide bonds. The Morgan fingerprint density at radius 3 is 2.72 bits per heavy atom. The molecule has 0 aliphatic carbocycles. The van der Waals surface area contributed by atoms with Crippen molar-refractivity contribution in [1.29, 1.82) is 0 Å². The van der Waals surface area contributed by atoms with Gasteiger partial charge in [0.05, 0.1) is 16.3 Å². The normalized spacial score (nSPS) is 22.2. The number of hydrogen-bond acceptors (Lipinski definition) is 4. The van der Waals surface area contributed by atoms with E-state index in [4.69, 9.17) is 5.10 Å². The third kappa shape index (κ3) is 3.68. The molecule has 2 fully saturated rings. The van der Waals surface area contributed by atoms with Gasteiger partial charge in [-0.25, -0.2) is 9.07 Å². The van der Waals surface area contributed by atoms with Crippen LogP contribution in [0, 0.1) is 5.82 Å². The highest BCUT2D eigenvalue weighted by atomic mass is 32.2. The molecule has 0 radical (unpaired) electrons. The van der Waals surface area contributed by atoms with Crippen LogP contribution in [-0.4, -0.2) is 43.2 Å². The molecule has 1 aromatic heterocycles. The van der Waals surface area contributed by atoms with Crippen LogP contribution in [0.4, 0.5) is 4.39 Å². The molecule has 2 atom stereocenters. The van der Waals surface area contributed by atoms with Crippen molar-refractivity contribution in [3.8, 4) is 16.9 Å². The number of thioether (sulfide) groups is 1. The molecule has 2 aliphatic heterocycles.